The number of hydrogen-bond acceptors (Lipinski definition) is 5. The molecule has 9 heteroatoms. The number of amides is 1. The fourth-order valence-electron chi connectivity index (χ4n) is 2.56. The van der Waals surface area contributed by atoms with Gasteiger partial charge >= 0.3 is 0 Å². The van der Waals surface area contributed by atoms with Crippen LogP contribution < -0.4 is 14.8 Å². The van der Waals surface area contributed by atoms with Crippen molar-refractivity contribution in [2.45, 2.75) is 31.6 Å². The maximum absolute atomic E-state index is 12.4. The van der Waals surface area contributed by atoms with E-state index in [1.807, 2.05) is 13.8 Å². The van der Waals surface area contributed by atoms with E-state index in [9.17, 15) is 18.0 Å². The largest absolute Gasteiger partial charge is 0.496 e. The maximum atomic E-state index is 12.4. The molecule has 2 aromatic carbocycles. The van der Waals surface area contributed by atoms with Crippen LogP contribution in [0.5, 0.6) is 5.75 Å². The molecule has 0 aliphatic rings. The van der Waals surface area contributed by atoms with Crippen molar-refractivity contribution in [1.82, 2.24) is 4.72 Å². The maximum Gasteiger partial charge on any atom is 0.240 e. The van der Waals surface area contributed by atoms with Crippen LogP contribution in [0.15, 0.2) is 47.4 Å². The van der Waals surface area contributed by atoms with Crippen molar-refractivity contribution < 1.29 is 22.7 Å². The van der Waals surface area contributed by atoms with E-state index in [2.05, 4.69) is 10.0 Å². The molecule has 2 aromatic rings. The highest BCUT2D eigenvalue weighted by molar-refractivity contribution is 7.89. The van der Waals surface area contributed by atoms with Gasteiger partial charge in [-0.1, -0.05) is 25.4 Å². The van der Waals surface area contributed by atoms with Crippen LogP contribution in [-0.2, 0) is 14.8 Å². The van der Waals surface area contributed by atoms with Gasteiger partial charge in [0.05, 0.1) is 17.6 Å². The molecule has 0 radical (unpaired) electrons. The standard InChI is InChI=1S/C21H25ClN2O5S/c1-14(2)13-23-30(27,28)17-7-5-16(6-8-17)24-21(26)11-9-19(25)18-12-15(22)4-10-20(18)29-3/h4-8,10,12,14,23H,9,11,13H2,1-3H3,(H,24,26). The minimum Gasteiger partial charge on any atom is -0.496 e. The molecule has 0 atom stereocenters. The van der Waals surface area contributed by atoms with Crippen LogP contribution in [0.25, 0.3) is 0 Å². The van der Waals surface area contributed by atoms with Gasteiger partial charge in [0.25, 0.3) is 0 Å². The van der Waals surface area contributed by atoms with Gasteiger partial charge in [-0.25, -0.2) is 13.1 Å². The summed E-state index contributed by atoms with van der Waals surface area (Å²) in [5.41, 5.74) is 0.761. The van der Waals surface area contributed by atoms with E-state index < -0.39 is 10.0 Å². The van der Waals surface area contributed by atoms with E-state index in [1.54, 1.807) is 12.1 Å². The van der Waals surface area contributed by atoms with Gasteiger partial charge in [-0.3, -0.25) is 9.59 Å². The van der Waals surface area contributed by atoms with Crippen LogP contribution in [0.2, 0.25) is 5.02 Å². The van der Waals surface area contributed by atoms with Crippen LogP contribution in [0.4, 0.5) is 5.69 Å². The van der Waals surface area contributed by atoms with E-state index in [0.29, 0.717) is 28.6 Å². The van der Waals surface area contributed by atoms with E-state index >= 15 is 0 Å². The number of ketones is 1. The lowest BCUT2D eigenvalue weighted by atomic mass is 10.1. The van der Waals surface area contributed by atoms with Crippen LogP contribution in [-0.4, -0.2) is 33.8 Å². The van der Waals surface area contributed by atoms with Gasteiger partial charge < -0.3 is 10.1 Å². The van der Waals surface area contributed by atoms with E-state index in [4.69, 9.17) is 16.3 Å². The molecule has 162 valence electrons. The first-order valence-corrected chi connectivity index (χ1v) is 11.2. The third-order valence-corrected chi connectivity index (χ3v) is 5.85. The molecule has 0 aliphatic carbocycles. The van der Waals surface area contributed by atoms with Crippen molar-refractivity contribution in [3.8, 4) is 5.75 Å². The molecule has 0 spiro atoms. The number of benzene rings is 2. The van der Waals surface area contributed by atoms with Gasteiger partial charge in [0.2, 0.25) is 15.9 Å². The molecule has 0 fully saturated rings. The molecular weight excluding hydrogens is 428 g/mol. The van der Waals surface area contributed by atoms with Crippen molar-refractivity contribution in [3.05, 3.63) is 53.1 Å². The minimum atomic E-state index is -3.59. The number of hydrogen-bond donors (Lipinski definition) is 2. The van der Waals surface area contributed by atoms with Crippen molar-refractivity contribution in [2.24, 2.45) is 5.92 Å². The Kier molecular flexibility index (Phi) is 8.40. The Labute approximate surface area is 181 Å². The van der Waals surface area contributed by atoms with Gasteiger partial charge in [-0.15, -0.1) is 0 Å². The highest BCUT2D eigenvalue weighted by Crippen LogP contribution is 2.24. The van der Waals surface area contributed by atoms with E-state index in [1.165, 1.54) is 37.4 Å². The third-order valence-electron chi connectivity index (χ3n) is 4.17. The predicted octanol–water partition coefficient (Wildman–Crippen LogP) is 3.88. The molecule has 1 amide bonds. The number of carbonyl (C=O) groups is 2. The quantitative estimate of drug-likeness (QED) is 0.532. The second-order valence-corrected chi connectivity index (χ2v) is 9.29. The van der Waals surface area contributed by atoms with E-state index in [0.717, 1.165) is 0 Å². The summed E-state index contributed by atoms with van der Waals surface area (Å²) in [6, 6.07) is 10.6. The Bertz CT molecular complexity index is 1000. The molecule has 0 aromatic heterocycles. The fourth-order valence-corrected chi connectivity index (χ4v) is 3.95. The fraction of sp³-hybridized carbons (Fsp3) is 0.333. The number of Topliss-reactive ketones (excluding diaryl/α,β-unsaturated/α-hetero) is 1. The molecule has 30 heavy (non-hydrogen) atoms. The van der Waals surface area contributed by atoms with Crippen LogP contribution in [0.1, 0.15) is 37.0 Å². The zero-order chi connectivity index (χ0) is 22.3. The number of anilines is 1. The lowest BCUT2D eigenvalue weighted by Gasteiger charge is -2.10. The van der Waals surface area contributed by atoms with Crippen molar-refractivity contribution in [3.63, 3.8) is 0 Å². The van der Waals surface area contributed by atoms with E-state index in [-0.39, 0.29) is 35.3 Å². The highest BCUT2D eigenvalue weighted by Gasteiger charge is 2.16. The number of methoxy groups -OCH3 is 1. The monoisotopic (exact) mass is 452 g/mol. The van der Waals surface area contributed by atoms with Crippen molar-refractivity contribution in [1.29, 1.82) is 0 Å². The molecule has 0 saturated carbocycles. The van der Waals surface area contributed by atoms with Crippen LogP contribution in [0.3, 0.4) is 0 Å². The third kappa shape index (κ3) is 6.83. The van der Waals surface area contributed by atoms with Gasteiger partial charge in [-0.05, 0) is 48.4 Å². The predicted molar refractivity (Wildman–Crippen MR) is 117 cm³/mol. The number of nitrogens with one attached hydrogen (secondary N) is 2. The van der Waals surface area contributed by atoms with Gasteiger partial charge in [0.1, 0.15) is 5.75 Å². The molecular formula is C21H25ClN2O5S. The Morgan fingerprint density at radius 2 is 1.73 bits per heavy atom. The first-order valence-electron chi connectivity index (χ1n) is 9.38. The summed E-state index contributed by atoms with van der Waals surface area (Å²) in [7, 11) is -2.14. The molecule has 0 aliphatic heterocycles. The molecule has 2 N–H and O–H groups in total. The first kappa shape index (κ1) is 23.9. The smallest absolute Gasteiger partial charge is 0.240 e. The molecule has 2 rings (SSSR count). The number of carbonyl (C=O) groups excluding carboxylic acids is 2. The number of halogens is 1. The minimum absolute atomic E-state index is 0.0197. The number of sulfonamides is 1. The lowest BCUT2D eigenvalue weighted by Crippen LogP contribution is -2.27. The molecule has 0 bridgehead atoms. The van der Waals surface area contributed by atoms with Crippen molar-refractivity contribution in [2.75, 3.05) is 19.0 Å². The number of rotatable bonds is 10. The Morgan fingerprint density at radius 1 is 1.07 bits per heavy atom. The summed E-state index contributed by atoms with van der Waals surface area (Å²) in [5.74, 6) is -0.0411. The molecule has 0 unspecified atom stereocenters. The zero-order valence-electron chi connectivity index (χ0n) is 17.1. The first-order chi connectivity index (χ1) is 14.1. The Morgan fingerprint density at radius 3 is 2.33 bits per heavy atom. The SMILES string of the molecule is COc1ccc(Cl)cc1C(=O)CCC(=O)Nc1ccc(S(=O)(=O)NCC(C)C)cc1. The normalized spacial score (nSPS) is 11.4. The van der Waals surface area contributed by atoms with Crippen LogP contribution in [0, 0.1) is 5.92 Å². The summed E-state index contributed by atoms with van der Waals surface area (Å²) in [6.07, 6.45) is -0.0569. The summed E-state index contributed by atoms with van der Waals surface area (Å²) in [6.45, 7) is 4.16. The Hall–Kier alpha value is -2.42. The molecule has 7 nitrogen and oxygen atoms in total. The second kappa shape index (κ2) is 10.6. The van der Waals surface area contributed by atoms with Gasteiger partial charge in [0.15, 0.2) is 5.78 Å². The van der Waals surface area contributed by atoms with Gasteiger partial charge in [0, 0.05) is 30.1 Å². The highest BCUT2D eigenvalue weighted by atomic mass is 35.5. The average Bonchev–Trinajstić information content (AvgIpc) is 2.71. The second-order valence-electron chi connectivity index (χ2n) is 7.09. The Balaban J connectivity index is 1.94. The lowest BCUT2D eigenvalue weighted by molar-refractivity contribution is -0.116. The summed E-state index contributed by atoms with van der Waals surface area (Å²) in [4.78, 5) is 24.7. The average molecular weight is 453 g/mol. The summed E-state index contributed by atoms with van der Waals surface area (Å²) >= 11 is 5.93. The summed E-state index contributed by atoms with van der Waals surface area (Å²) in [5, 5.41) is 3.06. The summed E-state index contributed by atoms with van der Waals surface area (Å²) < 4.78 is 32.1. The van der Waals surface area contributed by atoms with Gasteiger partial charge in [-0.2, -0.15) is 0 Å². The zero-order valence-corrected chi connectivity index (χ0v) is 18.6. The molecule has 0 saturated heterocycles. The topological polar surface area (TPSA) is 102 Å². The van der Waals surface area contributed by atoms with Crippen molar-refractivity contribution >= 4 is 39.0 Å². The number of ether oxygens (including phenoxy) is 1. The van der Waals surface area contributed by atoms with Crippen LogP contribution >= 0.6 is 11.6 Å². The molecule has 0 heterocycles.